The topological polar surface area (TPSA) is 34.0 Å². The maximum atomic E-state index is 12.6. The van der Waals surface area contributed by atoms with E-state index in [0.717, 1.165) is 44.3 Å². The van der Waals surface area contributed by atoms with Crippen molar-refractivity contribution < 1.29 is 13.2 Å². The van der Waals surface area contributed by atoms with Crippen LogP contribution in [-0.4, -0.2) is 17.7 Å². The molecule has 0 amide bonds. The van der Waals surface area contributed by atoms with Crippen molar-refractivity contribution in [1.29, 1.82) is 0 Å². The predicted octanol–water partition coefficient (Wildman–Crippen LogP) is 1.87. The number of rotatable bonds is 2. The van der Waals surface area contributed by atoms with E-state index in [1.165, 1.54) is 4.57 Å². The lowest BCUT2D eigenvalue weighted by atomic mass is 9.98. The number of pyridine rings is 1. The number of hydrogen-bond donors (Lipinski definition) is 1. The van der Waals surface area contributed by atoms with Crippen molar-refractivity contribution in [2.24, 2.45) is 5.92 Å². The van der Waals surface area contributed by atoms with Gasteiger partial charge < -0.3 is 9.88 Å². The molecule has 6 heteroatoms. The minimum atomic E-state index is -4.40. The van der Waals surface area contributed by atoms with Gasteiger partial charge in [-0.3, -0.25) is 4.79 Å². The van der Waals surface area contributed by atoms with Crippen molar-refractivity contribution in [3.8, 4) is 0 Å². The summed E-state index contributed by atoms with van der Waals surface area (Å²) in [4.78, 5) is 11.6. The molecule has 3 nitrogen and oxygen atoms in total. The van der Waals surface area contributed by atoms with Gasteiger partial charge in [-0.05, 0) is 37.9 Å². The molecule has 1 fully saturated rings. The summed E-state index contributed by atoms with van der Waals surface area (Å²) in [7, 11) is 0. The highest BCUT2D eigenvalue weighted by atomic mass is 19.4. The number of aromatic nitrogens is 1. The van der Waals surface area contributed by atoms with Crippen LogP contribution in [0.3, 0.4) is 0 Å². The van der Waals surface area contributed by atoms with Crippen LogP contribution < -0.4 is 10.9 Å². The summed E-state index contributed by atoms with van der Waals surface area (Å²) in [5.74, 6) is 0.271. The van der Waals surface area contributed by atoms with E-state index < -0.39 is 11.7 Å². The van der Waals surface area contributed by atoms with Crippen LogP contribution in [0.5, 0.6) is 0 Å². The third-order valence-corrected chi connectivity index (χ3v) is 3.22. The Morgan fingerprint density at radius 2 is 1.94 bits per heavy atom. The van der Waals surface area contributed by atoms with E-state index in [1.807, 2.05) is 0 Å². The molecular formula is C12H15F3N2O. The average Bonchev–Trinajstić information content (AvgIpc) is 2.32. The Balaban J connectivity index is 2.18. The molecule has 1 N–H and O–H groups in total. The number of halogens is 3. The minimum Gasteiger partial charge on any atom is -0.317 e. The normalized spacial score (nSPS) is 17.9. The summed E-state index contributed by atoms with van der Waals surface area (Å²) in [6.45, 7) is 2.08. The quantitative estimate of drug-likeness (QED) is 0.880. The largest absolute Gasteiger partial charge is 0.417 e. The van der Waals surface area contributed by atoms with E-state index in [0.29, 0.717) is 6.54 Å². The molecule has 0 atom stereocenters. The molecule has 1 aliphatic rings. The second kappa shape index (κ2) is 5.14. The molecule has 100 valence electrons. The van der Waals surface area contributed by atoms with Crippen LogP contribution >= 0.6 is 0 Å². The van der Waals surface area contributed by atoms with Gasteiger partial charge in [-0.15, -0.1) is 0 Å². The molecule has 0 unspecified atom stereocenters. The van der Waals surface area contributed by atoms with Crippen LogP contribution in [0.15, 0.2) is 23.1 Å². The van der Waals surface area contributed by atoms with Crippen molar-refractivity contribution in [1.82, 2.24) is 9.88 Å². The third-order valence-electron chi connectivity index (χ3n) is 3.22. The van der Waals surface area contributed by atoms with Crippen molar-refractivity contribution in [3.05, 3.63) is 34.2 Å². The van der Waals surface area contributed by atoms with E-state index in [2.05, 4.69) is 5.32 Å². The van der Waals surface area contributed by atoms with Gasteiger partial charge in [-0.2, -0.15) is 13.2 Å². The lowest BCUT2D eigenvalue weighted by Gasteiger charge is -2.23. The summed E-state index contributed by atoms with van der Waals surface area (Å²) in [6.07, 6.45) is -1.70. The molecule has 2 rings (SSSR count). The van der Waals surface area contributed by atoms with Gasteiger partial charge in [0.25, 0.3) is 5.56 Å². The number of alkyl halides is 3. The molecular weight excluding hydrogens is 245 g/mol. The number of hydrogen-bond acceptors (Lipinski definition) is 2. The Bertz CT molecular complexity index is 461. The van der Waals surface area contributed by atoms with Crippen LogP contribution in [0.4, 0.5) is 13.2 Å². The summed E-state index contributed by atoms with van der Waals surface area (Å²) in [5, 5.41) is 3.18. The van der Waals surface area contributed by atoms with Gasteiger partial charge in [0.2, 0.25) is 0 Å². The van der Waals surface area contributed by atoms with Crippen LogP contribution in [-0.2, 0) is 12.7 Å². The fraction of sp³-hybridized carbons (Fsp3) is 0.583. The second-order valence-electron chi connectivity index (χ2n) is 4.60. The average molecular weight is 260 g/mol. The van der Waals surface area contributed by atoms with E-state index >= 15 is 0 Å². The van der Waals surface area contributed by atoms with E-state index in [4.69, 9.17) is 0 Å². The molecule has 2 heterocycles. The first-order valence-electron chi connectivity index (χ1n) is 5.95. The zero-order valence-electron chi connectivity index (χ0n) is 9.83. The van der Waals surface area contributed by atoms with Gasteiger partial charge in [-0.1, -0.05) is 0 Å². The van der Waals surface area contributed by atoms with Crippen LogP contribution in [0, 0.1) is 5.92 Å². The molecule has 0 radical (unpaired) electrons. The fourth-order valence-electron chi connectivity index (χ4n) is 2.18. The summed E-state index contributed by atoms with van der Waals surface area (Å²) >= 11 is 0. The molecule has 1 aromatic heterocycles. The molecule has 1 aromatic rings. The van der Waals surface area contributed by atoms with Crippen molar-refractivity contribution in [2.45, 2.75) is 25.6 Å². The molecule has 0 aromatic carbocycles. The van der Waals surface area contributed by atoms with E-state index in [9.17, 15) is 18.0 Å². The zero-order chi connectivity index (χ0) is 13.2. The van der Waals surface area contributed by atoms with Crippen LogP contribution in [0.1, 0.15) is 18.4 Å². The standard InChI is InChI=1S/C12H15F3N2O/c13-12(14,15)10-1-2-11(18)17(8-10)7-9-3-5-16-6-4-9/h1-2,8-9,16H,3-7H2. The smallest absolute Gasteiger partial charge is 0.317 e. The highest BCUT2D eigenvalue weighted by molar-refractivity contribution is 5.13. The molecule has 0 saturated carbocycles. The SMILES string of the molecule is O=c1ccc(C(F)(F)F)cn1CC1CCNCC1. The summed E-state index contributed by atoms with van der Waals surface area (Å²) in [6, 6.07) is 1.82. The van der Waals surface area contributed by atoms with Crippen molar-refractivity contribution >= 4 is 0 Å². The molecule has 0 spiro atoms. The molecule has 18 heavy (non-hydrogen) atoms. The predicted molar refractivity (Wildman–Crippen MR) is 61.3 cm³/mol. The lowest BCUT2D eigenvalue weighted by Crippen LogP contribution is -2.32. The van der Waals surface area contributed by atoms with Gasteiger partial charge >= 0.3 is 6.18 Å². The van der Waals surface area contributed by atoms with Gasteiger partial charge in [0.1, 0.15) is 0 Å². The third kappa shape index (κ3) is 3.13. The maximum absolute atomic E-state index is 12.6. The first-order chi connectivity index (χ1) is 8.47. The number of nitrogens with zero attached hydrogens (tertiary/aromatic N) is 1. The van der Waals surface area contributed by atoms with Gasteiger partial charge in [0, 0.05) is 18.8 Å². The summed E-state index contributed by atoms with van der Waals surface area (Å²) in [5.41, 5.74) is -1.14. The van der Waals surface area contributed by atoms with E-state index in [1.54, 1.807) is 0 Å². The minimum absolute atomic E-state index is 0.271. The van der Waals surface area contributed by atoms with Gasteiger partial charge in [-0.25, -0.2) is 0 Å². The van der Waals surface area contributed by atoms with Crippen LogP contribution in [0.25, 0.3) is 0 Å². The van der Waals surface area contributed by atoms with Gasteiger partial charge in [0.05, 0.1) is 5.56 Å². The fourth-order valence-corrected chi connectivity index (χ4v) is 2.18. The van der Waals surface area contributed by atoms with Crippen molar-refractivity contribution in [2.75, 3.05) is 13.1 Å². The Morgan fingerprint density at radius 3 is 2.56 bits per heavy atom. The molecule has 1 saturated heterocycles. The monoisotopic (exact) mass is 260 g/mol. The Labute approximate surface area is 103 Å². The molecule has 0 bridgehead atoms. The van der Waals surface area contributed by atoms with Gasteiger partial charge in [0.15, 0.2) is 0 Å². The molecule has 1 aliphatic heterocycles. The Kier molecular flexibility index (Phi) is 3.75. The van der Waals surface area contributed by atoms with E-state index in [-0.39, 0.29) is 11.5 Å². The first kappa shape index (κ1) is 13.1. The zero-order valence-corrected chi connectivity index (χ0v) is 9.83. The Hall–Kier alpha value is -1.30. The number of nitrogens with one attached hydrogen (secondary N) is 1. The first-order valence-corrected chi connectivity index (χ1v) is 5.95. The van der Waals surface area contributed by atoms with Crippen molar-refractivity contribution in [3.63, 3.8) is 0 Å². The second-order valence-corrected chi connectivity index (χ2v) is 4.60. The number of piperidine rings is 1. The molecule has 0 aliphatic carbocycles. The maximum Gasteiger partial charge on any atom is 0.417 e. The Morgan fingerprint density at radius 1 is 1.28 bits per heavy atom. The van der Waals surface area contributed by atoms with Crippen LogP contribution in [0.2, 0.25) is 0 Å². The lowest BCUT2D eigenvalue weighted by molar-refractivity contribution is -0.138. The highest BCUT2D eigenvalue weighted by Crippen LogP contribution is 2.28. The highest BCUT2D eigenvalue weighted by Gasteiger charge is 2.31. The summed E-state index contributed by atoms with van der Waals surface area (Å²) < 4.78 is 38.8.